The molecule has 3 N–H and O–H groups in total. The number of ether oxygens (including phenoxy) is 1. The van der Waals surface area contributed by atoms with Gasteiger partial charge >= 0.3 is 12.0 Å². The molecule has 0 aromatic carbocycles. The topological polar surface area (TPSA) is 108 Å². The Morgan fingerprint density at radius 2 is 2.32 bits per heavy atom. The summed E-state index contributed by atoms with van der Waals surface area (Å²) in [4.78, 5) is 35.5. The second kappa shape index (κ2) is 7.57. The third kappa shape index (κ3) is 4.74. The number of carboxylic acids is 1. The van der Waals surface area contributed by atoms with Crippen LogP contribution in [0.25, 0.3) is 0 Å². The number of nitrogens with zero attached hydrogens (tertiary/aromatic N) is 1. The smallest absolute Gasteiger partial charge is 0.318 e. The lowest BCUT2D eigenvalue weighted by Gasteiger charge is -2.34. The van der Waals surface area contributed by atoms with E-state index >= 15 is 0 Å². The lowest BCUT2D eigenvalue weighted by Crippen LogP contribution is -2.60. The Balaban J connectivity index is 2.53. The van der Waals surface area contributed by atoms with Gasteiger partial charge in [-0.2, -0.15) is 0 Å². The molecule has 1 rings (SSSR count). The molecule has 0 bridgehead atoms. The zero-order chi connectivity index (χ0) is 14.3. The van der Waals surface area contributed by atoms with Crippen molar-refractivity contribution >= 4 is 17.9 Å². The molecular weight excluding hydrogens is 254 g/mol. The van der Waals surface area contributed by atoms with Crippen LogP contribution in [0.2, 0.25) is 0 Å². The van der Waals surface area contributed by atoms with Gasteiger partial charge in [0.25, 0.3) is 0 Å². The van der Waals surface area contributed by atoms with Gasteiger partial charge < -0.3 is 25.4 Å². The number of nitrogens with one attached hydrogen (secondary N) is 2. The molecule has 108 valence electrons. The van der Waals surface area contributed by atoms with Gasteiger partial charge in [-0.25, -0.2) is 4.79 Å². The Labute approximate surface area is 111 Å². The zero-order valence-corrected chi connectivity index (χ0v) is 10.8. The Morgan fingerprint density at radius 1 is 1.58 bits per heavy atom. The molecule has 0 radical (unpaired) electrons. The molecule has 0 aromatic heterocycles. The fraction of sp³-hybridized carbons (Fsp3) is 0.727. The zero-order valence-electron chi connectivity index (χ0n) is 10.8. The number of carbonyl (C=O) groups excluding carboxylic acids is 2. The molecule has 1 atom stereocenters. The highest BCUT2D eigenvalue weighted by Gasteiger charge is 2.34. The van der Waals surface area contributed by atoms with Crippen LogP contribution in [-0.4, -0.2) is 67.3 Å². The summed E-state index contributed by atoms with van der Waals surface area (Å²) in [5.74, 6) is -1.54. The van der Waals surface area contributed by atoms with E-state index in [4.69, 9.17) is 9.84 Å². The Morgan fingerprint density at radius 3 is 2.95 bits per heavy atom. The first kappa shape index (κ1) is 15.2. The second-order valence-corrected chi connectivity index (χ2v) is 4.18. The van der Waals surface area contributed by atoms with Crippen LogP contribution >= 0.6 is 0 Å². The van der Waals surface area contributed by atoms with E-state index in [1.165, 1.54) is 4.90 Å². The molecule has 8 heteroatoms. The van der Waals surface area contributed by atoms with Gasteiger partial charge in [0.05, 0.1) is 6.42 Å². The predicted molar refractivity (Wildman–Crippen MR) is 65.6 cm³/mol. The highest BCUT2D eigenvalue weighted by molar-refractivity contribution is 5.91. The molecule has 0 saturated carbocycles. The number of carbonyl (C=O) groups is 3. The Hall–Kier alpha value is -1.83. The van der Waals surface area contributed by atoms with E-state index in [2.05, 4.69) is 10.6 Å². The van der Waals surface area contributed by atoms with E-state index in [-0.39, 0.29) is 0 Å². The molecule has 19 heavy (non-hydrogen) atoms. The van der Waals surface area contributed by atoms with Crippen LogP contribution in [0.15, 0.2) is 0 Å². The van der Waals surface area contributed by atoms with Crippen LogP contribution in [0, 0.1) is 0 Å². The van der Waals surface area contributed by atoms with Gasteiger partial charge in [0.2, 0.25) is 5.91 Å². The monoisotopic (exact) mass is 273 g/mol. The maximum atomic E-state index is 11.9. The highest BCUT2D eigenvalue weighted by atomic mass is 16.5. The average molecular weight is 273 g/mol. The number of aliphatic carboxylic acids is 1. The molecule has 0 aromatic rings. The predicted octanol–water partition coefficient (Wildman–Crippen LogP) is -0.992. The minimum Gasteiger partial charge on any atom is -0.481 e. The van der Waals surface area contributed by atoms with Gasteiger partial charge in [0.15, 0.2) is 0 Å². The number of amides is 3. The summed E-state index contributed by atoms with van der Waals surface area (Å²) in [7, 11) is 1.57. The van der Waals surface area contributed by atoms with Crippen molar-refractivity contribution in [1.29, 1.82) is 0 Å². The minimum absolute atomic E-state index is 0.305. The first-order valence-corrected chi connectivity index (χ1v) is 6.09. The van der Waals surface area contributed by atoms with Crippen LogP contribution in [0.5, 0.6) is 0 Å². The van der Waals surface area contributed by atoms with E-state index in [0.29, 0.717) is 32.7 Å². The van der Waals surface area contributed by atoms with Gasteiger partial charge in [0, 0.05) is 33.4 Å². The largest absolute Gasteiger partial charge is 0.481 e. The Kier molecular flexibility index (Phi) is 6.07. The van der Waals surface area contributed by atoms with Crippen molar-refractivity contribution in [3.05, 3.63) is 0 Å². The fourth-order valence-electron chi connectivity index (χ4n) is 1.84. The molecule has 1 saturated heterocycles. The van der Waals surface area contributed by atoms with Crippen molar-refractivity contribution in [2.24, 2.45) is 0 Å². The van der Waals surface area contributed by atoms with E-state index in [0.717, 1.165) is 0 Å². The number of rotatable bonds is 6. The molecule has 8 nitrogen and oxygen atoms in total. The first-order valence-electron chi connectivity index (χ1n) is 6.09. The van der Waals surface area contributed by atoms with Gasteiger partial charge in [-0.05, 0) is 6.42 Å². The van der Waals surface area contributed by atoms with Crippen LogP contribution in [0.3, 0.4) is 0 Å². The molecule has 1 aliphatic heterocycles. The number of hydrogen-bond donors (Lipinski definition) is 3. The van der Waals surface area contributed by atoms with Crippen molar-refractivity contribution in [3.63, 3.8) is 0 Å². The maximum Gasteiger partial charge on any atom is 0.318 e. The van der Waals surface area contributed by atoms with Crippen LogP contribution < -0.4 is 10.6 Å². The Bertz CT molecular complexity index is 347. The second-order valence-electron chi connectivity index (χ2n) is 4.18. The van der Waals surface area contributed by atoms with Gasteiger partial charge in [0.1, 0.15) is 6.04 Å². The number of urea groups is 1. The first-order chi connectivity index (χ1) is 9.06. The molecule has 0 spiro atoms. The molecule has 1 aliphatic rings. The van der Waals surface area contributed by atoms with Crippen LogP contribution in [0.1, 0.15) is 12.8 Å². The van der Waals surface area contributed by atoms with Gasteiger partial charge in [-0.15, -0.1) is 0 Å². The van der Waals surface area contributed by atoms with Crippen LogP contribution in [0.4, 0.5) is 4.79 Å². The third-order valence-corrected chi connectivity index (χ3v) is 2.76. The third-order valence-electron chi connectivity index (χ3n) is 2.76. The normalized spacial score (nSPS) is 18.9. The number of carboxylic acid groups (broad SMARTS) is 1. The molecular formula is C11H19N3O5. The standard InChI is InChI=1S/C11H19N3O5/c1-19-6-2-3-13-11(18)14-5-4-12-10(17)8(14)7-9(15)16/h8H,2-7H2,1H3,(H,12,17)(H,13,18)(H,15,16). The summed E-state index contributed by atoms with van der Waals surface area (Å²) in [6.07, 6.45) is 0.267. The van der Waals surface area contributed by atoms with E-state index < -0.39 is 30.4 Å². The maximum absolute atomic E-state index is 11.9. The molecule has 0 aliphatic carbocycles. The fourth-order valence-corrected chi connectivity index (χ4v) is 1.84. The number of piperazine rings is 1. The van der Waals surface area contributed by atoms with Crippen molar-refractivity contribution in [1.82, 2.24) is 15.5 Å². The number of methoxy groups -OCH3 is 1. The summed E-state index contributed by atoms with van der Waals surface area (Å²) in [5.41, 5.74) is 0. The lowest BCUT2D eigenvalue weighted by atomic mass is 10.1. The highest BCUT2D eigenvalue weighted by Crippen LogP contribution is 2.09. The van der Waals surface area contributed by atoms with Crippen molar-refractivity contribution in [2.45, 2.75) is 18.9 Å². The SMILES string of the molecule is COCCCNC(=O)N1CCNC(=O)C1CC(=O)O. The van der Waals surface area contributed by atoms with Crippen LogP contribution in [-0.2, 0) is 14.3 Å². The summed E-state index contributed by atoms with van der Waals surface area (Å²) >= 11 is 0. The average Bonchev–Trinajstić information content (AvgIpc) is 2.36. The van der Waals surface area contributed by atoms with Crippen molar-refractivity contribution in [3.8, 4) is 0 Å². The molecule has 1 fully saturated rings. The summed E-state index contributed by atoms with van der Waals surface area (Å²) < 4.78 is 4.85. The van der Waals surface area contributed by atoms with E-state index in [1.54, 1.807) is 7.11 Å². The van der Waals surface area contributed by atoms with Crippen molar-refractivity contribution in [2.75, 3.05) is 33.4 Å². The molecule has 1 unspecified atom stereocenters. The summed E-state index contributed by atoms with van der Waals surface area (Å²) in [6, 6.07) is -1.37. The van der Waals surface area contributed by atoms with E-state index in [1.807, 2.05) is 0 Å². The molecule has 1 heterocycles. The number of hydrogen-bond acceptors (Lipinski definition) is 4. The summed E-state index contributed by atoms with van der Waals surface area (Å²) in [6.45, 7) is 1.59. The summed E-state index contributed by atoms with van der Waals surface area (Å²) in [5, 5.41) is 14.0. The minimum atomic E-state index is -1.11. The molecule has 3 amide bonds. The van der Waals surface area contributed by atoms with Gasteiger partial charge in [-0.1, -0.05) is 0 Å². The van der Waals surface area contributed by atoms with E-state index in [9.17, 15) is 14.4 Å². The van der Waals surface area contributed by atoms with Crippen molar-refractivity contribution < 1.29 is 24.2 Å². The van der Waals surface area contributed by atoms with Gasteiger partial charge in [-0.3, -0.25) is 9.59 Å². The lowest BCUT2D eigenvalue weighted by molar-refractivity contribution is -0.142. The quantitative estimate of drug-likeness (QED) is 0.538.